The first kappa shape index (κ1) is 13.3. The van der Waals surface area contributed by atoms with E-state index in [1.807, 2.05) is 18.3 Å². The molecule has 0 amide bonds. The average Bonchev–Trinajstić information content (AvgIpc) is 2.79. The quantitative estimate of drug-likeness (QED) is 0.893. The summed E-state index contributed by atoms with van der Waals surface area (Å²) in [4.78, 5) is 0. The van der Waals surface area contributed by atoms with Crippen molar-refractivity contribution in [2.75, 3.05) is 6.54 Å². The van der Waals surface area contributed by atoms with Crippen molar-refractivity contribution in [2.45, 2.75) is 20.0 Å². The summed E-state index contributed by atoms with van der Waals surface area (Å²) in [5.74, 6) is -0.223. The van der Waals surface area contributed by atoms with Gasteiger partial charge in [-0.3, -0.25) is 0 Å². The van der Waals surface area contributed by atoms with Crippen molar-refractivity contribution in [3.63, 3.8) is 0 Å². The van der Waals surface area contributed by atoms with E-state index in [2.05, 4.69) is 45.0 Å². The molecule has 0 fully saturated rings. The van der Waals surface area contributed by atoms with Gasteiger partial charge in [0.15, 0.2) is 0 Å². The van der Waals surface area contributed by atoms with Crippen LogP contribution in [-0.2, 0) is 13.1 Å². The molecule has 2 aromatic rings. The molecule has 1 aromatic carbocycles. The minimum atomic E-state index is -0.223. The van der Waals surface area contributed by atoms with Gasteiger partial charge >= 0.3 is 0 Å². The van der Waals surface area contributed by atoms with Crippen LogP contribution in [0.2, 0.25) is 0 Å². The average molecular weight is 311 g/mol. The first-order valence-corrected chi connectivity index (χ1v) is 6.77. The summed E-state index contributed by atoms with van der Waals surface area (Å²) in [6.45, 7) is 4.70. The Labute approximate surface area is 115 Å². The molecule has 4 heteroatoms. The lowest BCUT2D eigenvalue weighted by molar-refractivity contribution is 0.619. The highest BCUT2D eigenvalue weighted by Gasteiger charge is 2.02. The Hall–Kier alpha value is -1.13. The van der Waals surface area contributed by atoms with E-state index >= 15 is 0 Å². The van der Waals surface area contributed by atoms with Gasteiger partial charge in [0.2, 0.25) is 0 Å². The van der Waals surface area contributed by atoms with Crippen LogP contribution in [0.25, 0.3) is 0 Å². The van der Waals surface area contributed by atoms with Crippen LogP contribution in [0.5, 0.6) is 0 Å². The van der Waals surface area contributed by atoms with Crippen molar-refractivity contribution in [1.82, 2.24) is 9.88 Å². The molecule has 2 rings (SSSR count). The lowest BCUT2D eigenvalue weighted by atomic mass is 10.2. The lowest BCUT2D eigenvalue weighted by Gasteiger charge is -2.04. The van der Waals surface area contributed by atoms with Crippen LogP contribution in [-0.4, -0.2) is 11.1 Å². The van der Waals surface area contributed by atoms with E-state index in [4.69, 9.17) is 0 Å². The predicted octanol–water partition coefficient (Wildman–Crippen LogP) is 3.55. The van der Waals surface area contributed by atoms with Crippen LogP contribution >= 0.6 is 15.9 Å². The van der Waals surface area contributed by atoms with E-state index in [0.29, 0.717) is 4.47 Å². The zero-order valence-corrected chi connectivity index (χ0v) is 11.9. The first-order chi connectivity index (χ1) is 8.69. The smallest absolute Gasteiger partial charge is 0.137 e. The molecule has 0 aliphatic carbocycles. The molecule has 2 nitrogen and oxygen atoms in total. The van der Waals surface area contributed by atoms with Gasteiger partial charge in [0.05, 0.1) is 4.47 Å². The summed E-state index contributed by atoms with van der Waals surface area (Å²) in [7, 11) is 0. The number of nitrogens with one attached hydrogen (secondary N) is 1. The molecule has 0 atom stereocenters. The van der Waals surface area contributed by atoms with Gasteiger partial charge in [-0.1, -0.05) is 13.0 Å². The Kier molecular flexibility index (Phi) is 4.55. The molecule has 0 aliphatic rings. The maximum atomic E-state index is 13.1. The van der Waals surface area contributed by atoms with E-state index in [9.17, 15) is 4.39 Å². The van der Waals surface area contributed by atoms with E-state index in [1.54, 1.807) is 0 Å². The molecular formula is C14H16BrFN2. The zero-order chi connectivity index (χ0) is 13.0. The van der Waals surface area contributed by atoms with Gasteiger partial charge in [0, 0.05) is 25.5 Å². The van der Waals surface area contributed by atoms with Crippen LogP contribution < -0.4 is 5.32 Å². The Morgan fingerprint density at radius 3 is 2.83 bits per heavy atom. The van der Waals surface area contributed by atoms with Crippen molar-refractivity contribution in [3.05, 3.63) is 58.1 Å². The fraction of sp³-hybridized carbons (Fsp3) is 0.286. The first-order valence-electron chi connectivity index (χ1n) is 5.98. The van der Waals surface area contributed by atoms with E-state index in [-0.39, 0.29) is 5.82 Å². The van der Waals surface area contributed by atoms with Crippen LogP contribution in [0.1, 0.15) is 18.1 Å². The van der Waals surface area contributed by atoms with Gasteiger partial charge in [-0.15, -0.1) is 0 Å². The number of hydrogen-bond acceptors (Lipinski definition) is 1. The SMILES string of the molecule is CCNCc1ccn(Cc2ccc(F)c(Br)c2)c1. The molecule has 0 spiro atoms. The lowest BCUT2D eigenvalue weighted by Crippen LogP contribution is -2.11. The maximum Gasteiger partial charge on any atom is 0.137 e. The normalized spacial score (nSPS) is 10.8. The molecular weight excluding hydrogens is 295 g/mol. The molecule has 1 aromatic heterocycles. The van der Waals surface area contributed by atoms with Crippen molar-refractivity contribution < 1.29 is 4.39 Å². The third kappa shape index (κ3) is 3.43. The molecule has 0 aliphatic heterocycles. The summed E-state index contributed by atoms with van der Waals surface area (Å²) in [6, 6.07) is 7.22. The van der Waals surface area contributed by atoms with Crippen molar-refractivity contribution >= 4 is 15.9 Å². The fourth-order valence-electron chi connectivity index (χ4n) is 1.81. The van der Waals surface area contributed by atoms with Gasteiger partial charge in [-0.05, 0) is 51.8 Å². The van der Waals surface area contributed by atoms with Gasteiger partial charge in [-0.25, -0.2) is 4.39 Å². The topological polar surface area (TPSA) is 17.0 Å². The zero-order valence-electron chi connectivity index (χ0n) is 10.3. The Balaban J connectivity index is 2.04. The van der Waals surface area contributed by atoms with E-state index in [1.165, 1.54) is 11.6 Å². The van der Waals surface area contributed by atoms with Crippen LogP contribution in [0.15, 0.2) is 41.1 Å². The highest BCUT2D eigenvalue weighted by molar-refractivity contribution is 9.10. The maximum absolute atomic E-state index is 13.1. The van der Waals surface area contributed by atoms with Crippen molar-refractivity contribution in [1.29, 1.82) is 0 Å². The van der Waals surface area contributed by atoms with Gasteiger partial charge < -0.3 is 9.88 Å². The Morgan fingerprint density at radius 2 is 2.11 bits per heavy atom. The molecule has 18 heavy (non-hydrogen) atoms. The summed E-state index contributed by atoms with van der Waals surface area (Å²) < 4.78 is 15.7. The van der Waals surface area contributed by atoms with Crippen LogP contribution in [0.4, 0.5) is 4.39 Å². The number of rotatable bonds is 5. The Bertz CT molecular complexity index is 522. The van der Waals surface area contributed by atoms with Gasteiger partial charge in [-0.2, -0.15) is 0 Å². The minimum absolute atomic E-state index is 0.223. The third-order valence-electron chi connectivity index (χ3n) is 2.74. The largest absolute Gasteiger partial charge is 0.350 e. The summed E-state index contributed by atoms with van der Waals surface area (Å²) in [5, 5.41) is 3.29. The van der Waals surface area contributed by atoms with Gasteiger partial charge in [0.25, 0.3) is 0 Å². The molecule has 0 unspecified atom stereocenters. The number of aromatic nitrogens is 1. The van der Waals surface area contributed by atoms with Crippen molar-refractivity contribution in [2.24, 2.45) is 0 Å². The number of halogens is 2. The van der Waals surface area contributed by atoms with E-state index < -0.39 is 0 Å². The van der Waals surface area contributed by atoms with Crippen molar-refractivity contribution in [3.8, 4) is 0 Å². The highest BCUT2D eigenvalue weighted by Crippen LogP contribution is 2.17. The molecule has 1 heterocycles. The number of hydrogen-bond donors (Lipinski definition) is 1. The molecule has 96 valence electrons. The van der Waals surface area contributed by atoms with Crippen LogP contribution in [0.3, 0.4) is 0 Å². The number of nitrogens with zero attached hydrogens (tertiary/aromatic N) is 1. The second-order valence-corrected chi connectivity index (χ2v) is 5.08. The monoisotopic (exact) mass is 310 g/mol. The molecule has 0 saturated heterocycles. The minimum Gasteiger partial charge on any atom is -0.350 e. The Morgan fingerprint density at radius 1 is 1.28 bits per heavy atom. The predicted molar refractivity (Wildman–Crippen MR) is 75.0 cm³/mol. The third-order valence-corrected chi connectivity index (χ3v) is 3.35. The molecule has 0 radical (unpaired) electrons. The molecule has 0 bridgehead atoms. The number of benzene rings is 1. The van der Waals surface area contributed by atoms with E-state index in [0.717, 1.165) is 25.2 Å². The molecule has 0 saturated carbocycles. The van der Waals surface area contributed by atoms with Crippen LogP contribution in [0, 0.1) is 5.82 Å². The second-order valence-electron chi connectivity index (χ2n) is 4.22. The second kappa shape index (κ2) is 6.16. The highest BCUT2D eigenvalue weighted by atomic mass is 79.9. The summed E-state index contributed by atoms with van der Waals surface area (Å²) in [5.41, 5.74) is 2.34. The van der Waals surface area contributed by atoms with Gasteiger partial charge in [0.1, 0.15) is 5.82 Å². The summed E-state index contributed by atoms with van der Waals surface area (Å²) >= 11 is 3.20. The standard InChI is InChI=1S/C14H16BrFN2/c1-2-17-8-12-5-6-18(10-12)9-11-3-4-14(16)13(15)7-11/h3-7,10,17H,2,8-9H2,1H3. The molecule has 1 N–H and O–H groups in total. The fourth-order valence-corrected chi connectivity index (χ4v) is 2.24. The summed E-state index contributed by atoms with van der Waals surface area (Å²) in [6.07, 6.45) is 4.16.